The number of benzene rings is 1. The van der Waals surface area contributed by atoms with Crippen LogP contribution in [0.4, 0.5) is 5.69 Å². The molecule has 0 radical (unpaired) electrons. The highest BCUT2D eigenvalue weighted by Crippen LogP contribution is 2.23. The SMILES string of the molecule is O=C(Nc1cccnc1)c1ccc(Oc2ccc3ncccc3c2)nc1. The van der Waals surface area contributed by atoms with Crippen molar-refractivity contribution in [3.8, 4) is 11.6 Å². The Morgan fingerprint density at radius 3 is 2.65 bits per heavy atom. The predicted octanol–water partition coefficient (Wildman–Crippen LogP) is 4.07. The van der Waals surface area contributed by atoms with Crippen LogP contribution in [0.5, 0.6) is 11.6 Å². The zero-order valence-electron chi connectivity index (χ0n) is 13.7. The monoisotopic (exact) mass is 342 g/mol. The molecule has 6 nitrogen and oxygen atoms in total. The molecular formula is C20H14N4O2. The third-order valence-electron chi connectivity index (χ3n) is 3.71. The minimum atomic E-state index is -0.256. The Bertz CT molecular complexity index is 1050. The topological polar surface area (TPSA) is 77.0 Å². The Morgan fingerprint density at radius 1 is 0.923 bits per heavy atom. The van der Waals surface area contributed by atoms with E-state index in [1.807, 2.05) is 30.3 Å². The van der Waals surface area contributed by atoms with E-state index < -0.39 is 0 Å². The van der Waals surface area contributed by atoms with Gasteiger partial charge in [0.2, 0.25) is 5.88 Å². The van der Waals surface area contributed by atoms with E-state index in [1.165, 1.54) is 6.20 Å². The van der Waals surface area contributed by atoms with Crippen molar-refractivity contribution in [2.45, 2.75) is 0 Å². The van der Waals surface area contributed by atoms with Crippen molar-refractivity contribution in [1.29, 1.82) is 0 Å². The van der Waals surface area contributed by atoms with E-state index in [0.29, 0.717) is 22.9 Å². The quantitative estimate of drug-likeness (QED) is 0.605. The molecule has 0 bridgehead atoms. The molecule has 3 aromatic heterocycles. The molecule has 126 valence electrons. The van der Waals surface area contributed by atoms with Gasteiger partial charge in [-0.3, -0.25) is 14.8 Å². The lowest BCUT2D eigenvalue weighted by molar-refractivity contribution is 0.102. The summed E-state index contributed by atoms with van der Waals surface area (Å²) >= 11 is 0. The largest absolute Gasteiger partial charge is 0.439 e. The van der Waals surface area contributed by atoms with Crippen molar-refractivity contribution in [2.24, 2.45) is 0 Å². The van der Waals surface area contributed by atoms with Gasteiger partial charge in [0.25, 0.3) is 5.91 Å². The molecule has 0 spiro atoms. The van der Waals surface area contributed by atoms with Crippen LogP contribution in [-0.2, 0) is 0 Å². The van der Waals surface area contributed by atoms with Crippen molar-refractivity contribution in [2.75, 3.05) is 5.32 Å². The van der Waals surface area contributed by atoms with Gasteiger partial charge in [-0.05, 0) is 42.5 Å². The molecule has 1 amide bonds. The number of carbonyl (C=O) groups is 1. The van der Waals surface area contributed by atoms with E-state index in [4.69, 9.17) is 4.74 Å². The van der Waals surface area contributed by atoms with E-state index in [0.717, 1.165) is 10.9 Å². The van der Waals surface area contributed by atoms with E-state index in [-0.39, 0.29) is 5.91 Å². The second-order valence-corrected chi connectivity index (χ2v) is 5.54. The van der Waals surface area contributed by atoms with E-state index in [1.54, 1.807) is 42.9 Å². The first-order valence-corrected chi connectivity index (χ1v) is 7.98. The summed E-state index contributed by atoms with van der Waals surface area (Å²) in [5.74, 6) is 0.811. The summed E-state index contributed by atoms with van der Waals surface area (Å²) in [6.07, 6.45) is 6.45. The molecular weight excluding hydrogens is 328 g/mol. The first kappa shape index (κ1) is 15.7. The van der Waals surface area contributed by atoms with Crippen LogP contribution in [0.15, 0.2) is 79.4 Å². The average Bonchev–Trinajstić information content (AvgIpc) is 2.69. The highest BCUT2D eigenvalue weighted by molar-refractivity contribution is 6.03. The van der Waals surface area contributed by atoms with Gasteiger partial charge < -0.3 is 10.1 Å². The molecule has 0 saturated heterocycles. The molecule has 0 aliphatic heterocycles. The summed E-state index contributed by atoms with van der Waals surface area (Å²) in [5, 5.41) is 3.74. The zero-order chi connectivity index (χ0) is 17.8. The first-order chi connectivity index (χ1) is 12.8. The van der Waals surface area contributed by atoms with E-state index in [9.17, 15) is 4.79 Å². The average molecular weight is 342 g/mol. The van der Waals surface area contributed by atoms with Crippen LogP contribution in [-0.4, -0.2) is 20.9 Å². The lowest BCUT2D eigenvalue weighted by Crippen LogP contribution is -2.12. The maximum atomic E-state index is 12.2. The Labute approximate surface area is 149 Å². The number of hydrogen-bond acceptors (Lipinski definition) is 5. The fraction of sp³-hybridized carbons (Fsp3) is 0. The number of nitrogens with one attached hydrogen (secondary N) is 1. The third-order valence-corrected chi connectivity index (χ3v) is 3.71. The summed E-state index contributed by atoms with van der Waals surface area (Å²) in [6.45, 7) is 0. The number of hydrogen-bond donors (Lipinski definition) is 1. The molecule has 3 heterocycles. The van der Waals surface area contributed by atoms with Crippen molar-refractivity contribution in [3.05, 3.63) is 84.9 Å². The fourth-order valence-electron chi connectivity index (χ4n) is 2.45. The van der Waals surface area contributed by atoms with Gasteiger partial charge in [0.1, 0.15) is 5.75 Å². The first-order valence-electron chi connectivity index (χ1n) is 7.98. The van der Waals surface area contributed by atoms with Crippen LogP contribution < -0.4 is 10.1 Å². The summed E-state index contributed by atoms with van der Waals surface area (Å²) in [7, 11) is 0. The maximum Gasteiger partial charge on any atom is 0.257 e. The molecule has 0 aliphatic carbocycles. The number of carbonyl (C=O) groups excluding carboxylic acids is 1. The minimum absolute atomic E-state index is 0.256. The van der Waals surface area contributed by atoms with Crippen LogP contribution in [0, 0.1) is 0 Å². The molecule has 0 aliphatic rings. The van der Waals surface area contributed by atoms with Crippen LogP contribution >= 0.6 is 0 Å². The van der Waals surface area contributed by atoms with Crippen molar-refractivity contribution in [3.63, 3.8) is 0 Å². The van der Waals surface area contributed by atoms with Gasteiger partial charge in [-0.1, -0.05) is 6.07 Å². The van der Waals surface area contributed by atoms with Gasteiger partial charge in [-0.2, -0.15) is 0 Å². The molecule has 0 atom stereocenters. The van der Waals surface area contributed by atoms with Crippen molar-refractivity contribution < 1.29 is 9.53 Å². The smallest absolute Gasteiger partial charge is 0.257 e. The van der Waals surface area contributed by atoms with Gasteiger partial charge in [0, 0.05) is 30.0 Å². The number of anilines is 1. The Kier molecular flexibility index (Phi) is 4.22. The van der Waals surface area contributed by atoms with Gasteiger partial charge in [-0.25, -0.2) is 4.98 Å². The predicted molar refractivity (Wildman–Crippen MR) is 98.2 cm³/mol. The molecule has 26 heavy (non-hydrogen) atoms. The van der Waals surface area contributed by atoms with E-state index in [2.05, 4.69) is 20.3 Å². The lowest BCUT2D eigenvalue weighted by Gasteiger charge is -2.07. The molecule has 6 heteroatoms. The van der Waals surface area contributed by atoms with Crippen LogP contribution in [0.3, 0.4) is 0 Å². The number of nitrogens with zero attached hydrogens (tertiary/aromatic N) is 3. The highest BCUT2D eigenvalue weighted by Gasteiger charge is 2.08. The molecule has 4 aromatic rings. The zero-order valence-corrected chi connectivity index (χ0v) is 13.7. The van der Waals surface area contributed by atoms with Gasteiger partial charge in [0.15, 0.2) is 0 Å². The van der Waals surface area contributed by atoms with Gasteiger partial charge >= 0.3 is 0 Å². The number of amides is 1. The number of fused-ring (bicyclic) bond motifs is 1. The maximum absolute atomic E-state index is 12.2. The van der Waals surface area contributed by atoms with Crippen LogP contribution in [0.25, 0.3) is 10.9 Å². The van der Waals surface area contributed by atoms with E-state index >= 15 is 0 Å². The summed E-state index contributed by atoms with van der Waals surface area (Å²) in [5.41, 5.74) is 1.96. The van der Waals surface area contributed by atoms with Gasteiger partial charge in [-0.15, -0.1) is 0 Å². The summed E-state index contributed by atoms with van der Waals surface area (Å²) in [4.78, 5) is 24.6. The highest BCUT2D eigenvalue weighted by atomic mass is 16.5. The Balaban J connectivity index is 1.47. The minimum Gasteiger partial charge on any atom is -0.439 e. The summed E-state index contributed by atoms with van der Waals surface area (Å²) < 4.78 is 5.76. The standard InChI is InChI=1S/C20H14N4O2/c25-20(24-16-4-2-9-21-13-16)15-5-8-19(23-12-15)26-17-6-7-18-14(11-17)3-1-10-22-18/h1-13H,(H,24,25). The van der Waals surface area contributed by atoms with Crippen molar-refractivity contribution >= 4 is 22.5 Å². The molecule has 1 aromatic carbocycles. The number of rotatable bonds is 4. The molecule has 0 fully saturated rings. The Morgan fingerprint density at radius 2 is 1.85 bits per heavy atom. The van der Waals surface area contributed by atoms with Crippen LogP contribution in [0.1, 0.15) is 10.4 Å². The van der Waals surface area contributed by atoms with Crippen LogP contribution in [0.2, 0.25) is 0 Å². The van der Waals surface area contributed by atoms with Gasteiger partial charge in [0.05, 0.1) is 23.0 Å². The molecule has 0 saturated carbocycles. The number of pyridine rings is 3. The second-order valence-electron chi connectivity index (χ2n) is 5.54. The molecule has 1 N–H and O–H groups in total. The summed E-state index contributed by atoms with van der Waals surface area (Å²) in [6, 6.07) is 16.3. The fourth-order valence-corrected chi connectivity index (χ4v) is 2.45. The number of ether oxygens (including phenoxy) is 1. The lowest BCUT2D eigenvalue weighted by atomic mass is 10.2. The second kappa shape index (κ2) is 6.98. The Hall–Kier alpha value is -3.80. The molecule has 0 unspecified atom stereocenters. The van der Waals surface area contributed by atoms with Crippen molar-refractivity contribution in [1.82, 2.24) is 15.0 Å². The third kappa shape index (κ3) is 3.49. The number of aromatic nitrogens is 3. The molecule has 4 rings (SSSR count). The normalized spacial score (nSPS) is 10.5.